The maximum Gasteiger partial charge on any atom is -0.00461 e. The molecule has 0 aliphatic carbocycles. The summed E-state index contributed by atoms with van der Waals surface area (Å²) < 4.78 is 0. The molecule has 1 aliphatic rings. The van der Waals surface area contributed by atoms with Crippen LogP contribution in [0.5, 0.6) is 0 Å². The first-order valence-electron chi connectivity index (χ1n) is 5.46. The van der Waals surface area contributed by atoms with Crippen molar-refractivity contribution in [1.82, 2.24) is 5.32 Å². The lowest BCUT2D eigenvalue weighted by Crippen LogP contribution is -2.19. The molecule has 2 atom stereocenters. The molecule has 1 aliphatic heterocycles. The standard InChI is InChI=1S/C11H23N/c1-4-10-5-7-12-8-6-11(10)9(2)3/h9-12H,4-8H2,1-3H3. The van der Waals surface area contributed by atoms with Crippen LogP contribution in [0.1, 0.15) is 40.0 Å². The molecule has 0 radical (unpaired) electrons. The van der Waals surface area contributed by atoms with Gasteiger partial charge in [-0.05, 0) is 43.7 Å². The third kappa shape index (κ3) is 2.48. The third-order valence-corrected chi connectivity index (χ3v) is 3.33. The molecule has 1 fully saturated rings. The van der Waals surface area contributed by atoms with Gasteiger partial charge >= 0.3 is 0 Å². The Labute approximate surface area is 76.9 Å². The molecule has 0 aromatic heterocycles. The molecule has 2 unspecified atom stereocenters. The van der Waals surface area contributed by atoms with Crippen LogP contribution >= 0.6 is 0 Å². The fourth-order valence-corrected chi connectivity index (χ4v) is 2.52. The zero-order valence-electron chi connectivity index (χ0n) is 8.77. The van der Waals surface area contributed by atoms with E-state index in [1.165, 1.54) is 32.4 Å². The first-order valence-corrected chi connectivity index (χ1v) is 5.46. The Kier molecular flexibility index (Phi) is 4.07. The van der Waals surface area contributed by atoms with E-state index in [0.717, 1.165) is 17.8 Å². The number of hydrogen-bond acceptors (Lipinski definition) is 1. The maximum absolute atomic E-state index is 3.50. The molecule has 0 aromatic rings. The molecule has 1 nitrogen and oxygen atoms in total. The largest absolute Gasteiger partial charge is 0.317 e. The summed E-state index contributed by atoms with van der Waals surface area (Å²) in [6.07, 6.45) is 4.14. The van der Waals surface area contributed by atoms with Crippen LogP contribution < -0.4 is 5.32 Å². The van der Waals surface area contributed by atoms with Crippen LogP contribution in [0.3, 0.4) is 0 Å². The molecule has 72 valence electrons. The normalized spacial score (nSPS) is 32.0. The minimum absolute atomic E-state index is 0.870. The van der Waals surface area contributed by atoms with Crippen LogP contribution in [0.2, 0.25) is 0 Å². The predicted octanol–water partition coefficient (Wildman–Crippen LogP) is 2.67. The van der Waals surface area contributed by atoms with E-state index in [0.29, 0.717) is 0 Å². The smallest absolute Gasteiger partial charge is 0.00461 e. The third-order valence-electron chi connectivity index (χ3n) is 3.33. The van der Waals surface area contributed by atoms with Gasteiger partial charge in [0.2, 0.25) is 0 Å². The summed E-state index contributed by atoms with van der Waals surface area (Å²) in [5.41, 5.74) is 0. The Hall–Kier alpha value is -0.0400. The lowest BCUT2D eigenvalue weighted by molar-refractivity contribution is 0.238. The highest BCUT2D eigenvalue weighted by molar-refractivity contribution is 4.76. The molecular weight excluding hydrogens is 146 g/mol. The molecule has 0 spiro atoms. The first kappa shape index (κ1) is 10.0. The fourth-order valence-electron chi connectivity index (χ4n) is 2.52. The van der Waals surface area contributed by atoms with Gasteiger partial charge in [0.25, 0.3) is 0 Å². The quantitative estimate of drug-likeness (QED) is 0.670. The van der Waals surface area contributed by atoms with Crippen molar-refractivity contribution in [3.8, 4) is 0 Å². The Morgan fingerprint density at radius 1 is 1.25 bits per heavy atom. The van der Waals surface area contributed by atoms with E-state index < -0.39 is 0 Å². The minimum Gasteiger partial charge on any atom is -0.317 e. The van der Waals surface area contributed by atoms with Gasteiger partial charge in [0, 0.05) is 0 Å². The van der Waals surface area contributed by atoms with Crippen LogP contribution in [0, 0.1) is 17.8 Å². The molecule has 1 saturated heterocycles. The summed E-state index contributed by atoms with van der Waals surface area (Å²) in [5, 5.41) is 3.50. The van der Waals surface area contributed by atoms with Crippen LogP contribution in [-0.4, -0.2) is 13.1 Å². The average molecular weight is 169 g/mol. The average Bonchev–Trinajstić information content (AvgIpc) is 2.27. The van der Waals surface area contributed by atoms with Gasteiger partial charge in [0.15, 0.2) is 0 Å². The van der Waals surface area contributed by atoms with Gasteiger partial charge < -0.3 is 5.32 Å². The van der Waals surface area contributed by atoms with Crippen molar-refractivity contribution >= 4 is 0 Å². The van der Waals surface area contributed by atoms with E-state index in [1.54, 1.807) is 0 Å². The molecule has 0 bridgehead atoms. The second kappa shape index (κ2) is 4.86. The van der Waals surface area contributed by atoms with Crippen LogP contribution in [0.25, 0.3) is 0 Å². The lowest BCUT2D eigenvalue weighted by atomic mass is 9.79. The summed E-state index contributed by atoms with van der Waals surface area (Å²) in [6.45, 7) is 9.56. The molecule has 1 heteroatoms. The highest BCUT2D eigenvalue weighted by Crippen LogP contribution is 2.30. The summed E-state index contributed by atoms with van der Waals surface area (Å²) in [6, 6.07) is 0. The molecule has 0 aromatic carbocycles. The fraction of sp³-hybridized carbons (Fsp3) is 1.00. The number of hydrogen-bond donors (Lipinski definition) is 1. The Bertz CT molecular complexity index is 120. The Balaban J connectivity index is 2.51. The van der Waals surface area contributed by atoms with Gasteiger partial charge in [-0.15, -0.1) is 0 Å². The van der Waals surface area contributed by atoms with Crippen LogP contribution in [0.4, 0.5) is 0 Å². The van der Waals surface area contributed by atoms with Crippen molar-refractivity contribution in [2.24, 2.45) is 17.8 Å². The van der Waals surface area contributed by atoms with Crippen molar-refractivity contribution in [1.29, 1.82) is 0 Å². The molecule has 0 saturated carbocycles. The summed E-state index contributed by atoms with van der Waals surface area (Å²) >= 11 is 0. The van der Waals surface area contributed by atoms with E-state index >= 15 is 0 Å². The molecule has 1 N–H and O–H groups in total. The van der Waals surface area contributed by atoms with Gasteiger partial charge in [0.05, 0.1) is 0 Å². The summed E-state index contributed by atoms with van der Waals surface area (Å²) in [5.74, 6) is 2.81. The van der Waals surface area contributed by atoms with E-state index in [-0.39, 0.29) is 0 Å². The van der Waals surface area contributed by atoms with Gasteiger partial charge in [-0.2, -0.15) is 0 Å². The monoisotopic (exact) mass is 169 g/mol. The lowest BCUT2D eigenvalue weighted by Gasteiger charge is -2.26. The summed E-state index contributed by atoms with van der Waals surface area (Å²) in [4.78, 5) is 0. The Morgan fingerprint density at radius 2 is 1.92 bits per heavy atom. The highest BCUT2D eigenvalue weighted by Gasteiger charge is 2.24. The molecule has 1 heterocycles. The topological polar surface area (TPSA) is 12.0 Å². The van der Waals surface area contributed by atoms with Gasteiger partial charge in [-0.25, -0.2) is 0 Å². The molecule has 1 rings (SSSR count). The van der Waals surface area contributed by atoms with Gasteiger partial charge in [0.1, 0.15) is 0 Å². The van der Waals surface area contributed by atoms with E-state index in [2.05, 4.69) is 26.1 Å². The van der Waals surface area contributed by atoms with Crippen LogP contribution in [-0.2, 0) is 0 Å². The zero-order valence-corrected chi connectivity index (χ0v) is 8.77. The van der Waals surface area contributed by atoms with Gasteiger partial charge in [-0.3, -0.25) is 0 Å². The number of nitrogens with one attached hydrogen (secondary N) is 1. The number of rotatable bonds is 2. The predicted molar refractivity (Wildman–Crippen MR) is 54.2 cm³/mol. The van der Waals surface area contributed by atoms with Crippen molar-refractivity contribution in [3.05, 3.63) is 0 Å². The van der Waals surface area contributed by atoms with E-state index in [1.807, 2.05) is 0 Å². The zero-order chi connectivity index (χ0) is 8.97. The maximum atomic E-state index is 3.50. The van der Waals surface area contributed by atoms with Crippen molar-refractivity contribution in [3.63, 3.8) is 0 Å². The highest BCUT2D eigenvalue weighted by atomic mass is 14.9. The molecule has 0 amide bonds. The Morgan fingerprint density at radius 3 is 2.50 bits per heavy atom. The first-order chi connectivity index (χ1) is 5.75. The van der Waals surface area contributed by atoms with Crippen LogP contribution in [0.15, 0.2) is 0 Å². The van der Waals surface area contributed by atoms with Crippen molar-refractivity contribution in [2.45, 2.75) is 40.0 Å². The molecular formula is C11H23N. The second-order valence-corrected chi connectivity index (χ2v) is 4.40. The SMILES string of the molecule is CCC1CCNCCC1C(C)C. The molecule has 12 heavy (non-hydrogen) atoms. The van der Waals surface area contributed by atoms with Crippen molar-refractivity contribution < 1.29 is 0 Å². The minimum atomic E-state index is 0.870. The second-order valence-electron chi connectivity index (χ2n) is 4.40. The van der Waals surface area contributed by atoms with Crippen molar-refractivity contribution in [2.75, 3.05) is 13.1 Å². The summed E-state index contributed by atoms with van der Waals surface area (Å²) in [7, 11) is 0. The van der Waals surface area contributed by atoms with E-state index in [4.69, 9.17) is 0 Å². The van der Waals surface area contributed by atoms with E-state index in [9.17, 15) is 0 Å². The van der Waals surface area contributed by atoms with Gasteiger partial charge in [-0.1, -0.05) is 27.2 Å².